The molecule has 1 aliphatic rings. The van der Waals surface area contributed by atoms with Crippen LogP contribution in [0.3, 0.4) is 0 Å². The van der Waals surface area contributed by atoms with Gasteiger partial charge in [0.1, 0.15) is 5.82 Å². The molecule has 2 nitrogen and oxygen atoms in total. The maximum atomic E-state index is 13.2. The summed E-state index contributed by atoms with van der Waals surface area (Å²) in [6.45, 7) is 0. The minimum Gasteiger partial charge on any atom is -0.481 e. The molecule has 1 aliphatic carbocycles. The minimum absolute atomic E-state index is 0.396. The predicted molar refractivity (Wildman–Crippen MR) is 57.3 cm³/mol. The summed E-state index contributed by atoms with van der Waals surface area (Å²) in [6, 6.07) is 4.34. The van der Waals surface area contributed by atoms with E-state index in [1.54, 1.807) is 6.07 Å². The standard InChI is InChI=1S/C11H10BrFO2/c12-8-4-7(5-9(13)6-8)11(10(14)15)2-1-3-11/h4-6H,1-3H2,(H,14,15). The third kappa shape index (κ3) is 1.67. The van der Waals surface area contributed by atoms with Crippen molar-refractivity contribution in [2.45, 2.75) is 24.7 Å². The maximum Gasteiger partial charge on any atom is 0.314 e. The largest absolute Gasteiger partial charge is 0.481 e. The van der Waals surface area contributed by atoms with Crippen LogP contribution in [0.15, 0.2) is 22.7 Å². The third-order valence-corrected chi connectivity index (χ3v) is 3.49. The van der Waals surface area contributed by atoms with Crippen LogP contribution in [-0.2, 0) is 10.2 Å². The molecule has 0 bridgehead atoms. The molecule has 0 radical (unpaired) electrons. The first-order chi connectivity index (χ1) is 7.04. The average molecular weight is 273 g/mol. The van der Waals surface area contributed by atoms with Crippen LogP contribution >= 0.6 is 15.9 Å². The van der Waals surface area contributed by atoms with E-state index in [1.807, 2.05) is 0 Å². The Balaban J connectivity index is 2.47. The first-order valence-corrected chi connectivity index (χ1v) is 5.54. The van der Waals surface area contributed by atoms with E-state index in [9.17, 15) is 14.3 Å². The molecule has 15 heavy (non-hydrogen) atoms. The van der Waals surface area contributed by atoms with Crippen molar-refractivity contribution in [3.63, 3.8) is 0 Å². The number of hydrogen-bond acceptors (Lipinski definition) is 1. The lowest BCUT2D eigenvalue weighted by Gasteiger charge is -2.38. The number of carbonyl (C=O) groups is 1. The van der Waals surface area contributed by atoms with Crippen molar-refractivity contribution in [2.24, 2.45) is 0 Å². The van der Waals surface area contributed by atoms with Gasteiger partial charge in [-0.2, -0.15) is 0 Å². The molecular formula is C11H10BrFO2. The SMILES string of the molecule is O=C(O)C1(c2cc(F)cc(Br)c2)CCC1. The normalized spacial score (nSPS) is 18.3. The van der Waals surface area contributed by atoms with Gasteiger partial charge in [0, 0.05) is 4.47 Å². The third-order valence-electron chi connectivity index (χ3n) is 3.03. The Kier molecular flexibility index (Phi) is 2.54. The fourth-order valence-corrected chi connectivity index (χ4v) is 2.45. The quantitative estimate of drug-likeness (QED) is 0.899. The number of carboxylic acids is 1. The van der Waals surface area contributed by atoms with Gasteiger partial charge in [-0.25, -0.2) is 4.39 Å². The van der Waals surface area contributed by atoms with Gasteiger partial charge in [0.15, 0.2) is 0 Å². The van der Waals surface area contributed by atoms with Crippen molar-refractivity contribution in [1.29, 1.82) is 0 Å². The molecule has 0 saturated heterocycles. The van der Waals surface area contributed by atoms with Crippen molar-refractivity contribution in [1.82, 2.24) is 0 Å². The Bertz CT molecular complexity index is 393. The Morgan fingerprint density at radius 1 is 1.40 bits per heavy atom. The lowest BCUT2D eigenvalue weighted by atomic mass is 9.64. The molecule has 1 saturated carbocycles. The van der Waals surface area contributed by atoms with Gasteiger partial charge in [0.25, 0.3) is 0 Å². The van der Waals surface area contributed by atoms with E-state index in [1.165, 1.54) is 12.1 Å². The van der Waals surface area contributed by atoms with E-state index in [4.69, 9.17) is 0 Å². The Morgan fingerprint density at radius 3 is 2.47 bits per heavy atom. The van der Waals surface area contributed by atoms with Crippen molar-refractivity contribution in [2.75, 3.05) is 0 Å². The summed E-state index contributed by atoms with van der Waals surface area (Å²) in [5.74, 6) is -1.25. The molecule has 1 fully saturated rings. The smallest absolute Gasteiger partial charge is 0.314 e. The fraction of sp³-hybridized carbons (Fsp3) is 0.364. The second kappa shape index (κ2) is 3.59. The summed E-state index contributed by atoms with van der Waals surface area (Å²) in [4.78, 5) is 11.2. The Labute approximate surface area is 95.2 Å². The van der Waals surface area contributed by atoms with Crippen LogP contribution in [0.5, 0.6) is 0 Å². The van der Waals surface area contributed by atoms with Gasteiger partial charge in [-0.05, 0) is 36.6 Å². The highest BCUT2D eigenvalue weighted by atomic mass is 79.9. The lowest BCUT2D eigenvalue weighted by molar-refractivity contribution is -0.147. The molecule has 0 spiro atoms. The van der Waals surface area contributed by atoms with Crippen LogP contribution in [0, 0.1) is 5.82 Å². The van der Waals surface area contributed by atoms with Crippen LogP contribution in [0.25, 0.3) is 0 Å². The van der Waals surface area contributed by atoms with Crippen molar-refractivity contribution < 1.29 is 14.3 Å². The summed E-state index contributed by atoms with van der Waals surface area (Å²) in [5.41, 5.74) is -0.293. The topological polar surface area (TPSA) is 37.3 Å². The van der Waals surface area contributed by atoms with E-state index in [0.717, 1.165) is 6.42 Å². The minimum atomic E-state index is -0.857. The van der Waals surface area contributed by atoms with Gasteiger partial charge in [-0.1, -0.05) is 22.4 Å². The van der Waals surface area contributed by atoms with Gasteiger partial charge < -0.3 is 5.11 Å². The van der Waals surface area contributed by atoms with Crippen LogP contribution in [0.1, 0.15) is 24.8 Å². The summed E-state index contributed by atoms with van der Waals surface area (Å²) in [6.07, 6.45) is 2.08. The van der Waals surface area contributed by atoms with Gasteiger partial charge >= 0.3 is 5.97 Å². The van der Waals surface area contributed by atoms with Crippen LogP contribution < -0.4 is 0 Å². The van der Waals surface area contributed by atoms with E-state index >= 15 is 0 Å². The van der Waals surface area contributed by atoms with Crippen LogP contribution in [0.4, 0.5) is 4.39 Å². The number of carboxylic acid groups (broad SMARTS) is 1. The van der Waals surface area contributed by atoms with Crippen molar-refractivity contribution in [3.05, 3.63) is 34.1 Å². The number of aliphatic carboxylic acids is 1. The second-order valence-corrected chi connectivity index (χ2v) is 4.81. The molecule has 0 amide bonds. The lowest BCUT2D eigenvalue weighted by Crippen LogP contribution is -2.42. The first-order valence-electron chi connectivity index (χ1n) is 4.74. The fourth-order valence-electron chi connectivity index (χ4n) is 1.99. The van der Waals surface area contributed by atoms with Crippen molar-refractivity contribution >= 4 is 21.9 Å². The van der Waals surface area contributed by atoms with E-state index < -0.39 is 17.2 Å². The number of halogens is 2. The van der Waals surface area contributed by atoms with E-state index in [0.29, 0.717) is 22.9 Å². The molecule has 80 valence electrons. The zero-order valence-corrected chi connectivity index (χ0v) is 9.55. The molecule has 0 heterocycles. The number of benzene rings is 1. The molecule has 4 heteroatoms. The maximum absolute atomic E-state index is 13.2. The molecule has 1 N–H and O–H groups in total. The highest BCUT2D eigenvalue weighted by Crippen LogP contribution is 2.44. The van der Waals surface area contributed by atoms with Gasteiger partial charge in [-0.15, -0.1) is 0 Å². The monoisotopic (exact) mass is 272 g/mol. The summed E-state index contributed by atoms with van der Waals surface area (Å²) in [7, 11) is 0. The molecule has 0 unspecified atom stereocenters. The van der Waals surface area contributed by atoms with Crippen LogP contribution in [-0.4, -0.2) is 11.1 Å². The van der Waals surface area contributed by atoms with Crippen LogP contribution in [0.2, 0.25) is 0 Å². The predicted octanol–water partition coefficient (Wildman–Crippen LogP) is 3.09. The molecular weight excluding hydrogens is 263 g/mol. The summed E-state index contributed by atoms with van der Waals surface area (Å²) in [5, 5.41) is 9.18. The van der Waals surface area contributed by atoms with E-state index in [2.05, 4.69) is 15.9 Å². The summed E-state index contributed by atoms with van der Waals surface area (Å²) < 4.78 is 13.7. The highest BCUT2D eigenvalue weighted by molar-refractivity contribution is 9.10. The zero-order chi connectivity index (χ0) is 11.1. The highest BCUT2D eigenvalue weighted by Gasteiger charge is 2.46. The van der Waals surface area contributed by atoms with Crippen molar-refractivity contribution in [3.8, 4) is 0 Å². The number of hydrogen-bond donors (Lipinski definition) is 1. The van der Waals surface area contributed by atoms with Gasteiger partial charge in [0.2, 0.25) is 0 Å². The molecule has 2 rings (SSSR count). The Morgan fingerprint density at radius 2 is 2.07 bits per heavy atom. The average Bonchev–Trinajstić information content (AvgIpc) is 1.97. The molecule has 0 atom stereocenters. The molecule has 0 aromatic heterocycles. The van der Waals surface area contributed by atoms with Gasteiger partial charge in [0.05, 0.1) is 5.41 Å². The summed E-state index contributed by atoms with van der Waals surface area (Å²) >= 11 is 3.17. The van der Waals surface area contributed by atoms with E-state index in [-0.39, 0.29) is 0 Å². The molecule has 1 aromatic carbocycles. The second-order valence-electron chi connectivity index (χ2n) is 3.90. The zero-order valence-electron chi connectivity index (χ0n) is 7.96. The first kappa shape index (κ1) is 10.6. The van der Waals surface area contributed by atoms with Gasteiger partial charge in [-0.3, -0.25) is 4.79 Å². The Hall–Kier alpha value is -0.900. The molecule has 0 aliphatic heterocycles. The number of rotatable bonds is 2. The molecule has 1 aromatic rings.